The number of pyridine rings is 1. The number of carbonyl (C=O) groups excluding carboxylic acids is 2. The largest absolute Gasteiger partial charge is 0.437 e. The molecule has 8 nitrogen and oxygen atoms in total. The second kappa shape index (κ2) is 8.36. The zero-order chi connectivity index (χ0) is 21.4. The minimum absolute atomic E-state index is 0.00321. The molecular formula is C22H23ClN4O4. The first-order valence-corrected chi connectivity index (χ1v) is 10.8. The summed E-state index contributed by atoms with van der Waals surface area (Å²) >= 11 is 6.12. The molecule has 3 saturated heterocycles. The van der Waals surface area contributed by atoms with Crippen molar-refractivity contribution < 1.29 is 19.1 Å². The van der Waals surface area contributed by atoms with Crippen molar-refractivity contribution in [2.45, 2.75) is 24.5 Å². The molecule has 3 amide bonds. The molecule has 31 heavy (non-hydrogen) atoms. The molecule has 0 bridgehead atoms. The lowest BCUT2D eigenvalue weighted by Gasteiger charge is -2.46. The van der Waals surface area contributed by atoms with Crippen molar-refractivity contribution in [3.8, 4) is 11.6 Å². The number of ether oxygens (including phenoxy) is 2. The average molecular weight is 443 g/mol. The molecule has 0 unspecified atom stereocenters. The van der Waals surface area contributed by atoms with Gasteiger partial charge < -0.3 is 24.6 Å². The van der Waals surface area contributed by atoms with Crippen molar-refractivity contribution in [1.82, 2.24) is 20.1 Å². The minimum Gasteiger partial charge on any atom is -0.437 e. The number of likely N-dealkylation sites (tertiary alicyclic amines) is 2. The SMILES string of the molecule is O=C1CO[C@@H]2CCN(C(=O)N3CC(c4ccc(Oc5ccccc5Cl)nc4)C3)C[C@H]2N1. The summed E-state index contributed by atoms with van der Waals surface area (Å²) in [6.45, 7) is 2.55. The molecule has 9 heteroatoms. The number of para-hydroxylation sites is 1. The van der Waals surface area contributed by atoms with E-state index in [1.165, 1.54) is 0 Å². The van der Waals surface area contributed by atoms with Crippen LogP contribution in [0.1, 0.15) is 17.9 Å². The summed E-state index contributed by atoms with van der Waals surface area (Å²) in [4.78, 5) is 32.4. The Kier molecular flexibility index (Phi) is 5.41. The number of morpholine rings is 1. The quantitative estimate of drug-likeness (QED) is 0.790. The van der Waals surface area contributed by atoms with Gasteiger partial charge in [-0.1, -0.05) is 29.8 Å². The van der Waals surface area contributed by atoms with Gasteiger partial charge in [0, 0.05) is 44.4 Å². The van der Waals surface area contributed by atoms with Gasteiger partial charge in [0.1, 0.15) is 12.4 Å². The van der Waals surface area contributed by atoms with Gasteiger partial charge >= 0.3 is 6.03 Å². The molecule has 5 rings (SSSR count). The highest BCUT2D eigenvalue weighted by molar-refractivity contribution is 6.32. The van der Waals surface area contributed by atoms with Gasteiger partial charge in [-0.05, 0) is 24.1 Å². The number of halogens is 1. The first kappa shape index (κ1) is 20.1. The van der Waals surface area contributed by atoms with Crippen LogP contribution in [0.2, 0.25) is 5.02 Å². The van der Waals surface area contributed by atoms with Crippen LogP contribution in [-0.2, 0) is 9.53 Å². The average Bonchev–Trinajstić information content (AvgIpc) is 2.75. The van der Waals surface area contributed by atoms with Crippen molar-refractivity contribution in [2.75, 3.05) is 32.8 Å². The fourth-order valence-electron chi connectivity index (χ4n) is 4.25. The zero-order valence-electron chi connectivity index (χ0n) is 16.9. The van der Waals surface area contributed by atoms with Crippen LogP contribution in [-0.4, -0.2) is 71.7 Å². The van der Waals surface area contributed by atoms with Crippen molar-refractivity contribution >= 4 is 23.5 Å². The molecular weight excluding hydrogens is 420 g/mol. The Balaban J connectivity index is 1.14. The van der Waals surface area contributed by atoms with Crippen LogP contribution in [0.5, 0.6) is 11.6 Å². The summed E-state index contributed by atoms with van der Waals surface area (Å²) in [6, 6.07) is 11.0. The van der Waals surface area contributed by atoms with Gasteiger partial charge in [-0.3, -0.25) is 4.79 Å². The Labute approximate surface area is 185 Å². The molecule has 3 fully saturated rings. The number of nitrogens with one attached hydrogen (secondary N) is 1. The van der Waals surface area contributed by atoms with Crippen LogP contribution in [0.3, 0.4) is 0 Å². The number of nitrogens with zero attached hydrogens (tertiary/aromatic N) is 3. The van der Waals surface area contributed by atoms with E-state index in [1.54, 1.807) is 18.3 Å². The first-order valence-electron chi connectivity index (χ1n) is 10.4. The van der Waals surface area contributed by atoms with E-state index in [-0.39, 0.29) is 36.6 Å². The van der Waals surface area contributed by atoms with Gasteiger partial charge in [0.15, 0.2) is 0 Å². The van der Waals surface area contributed by atoms with E-state index in [0.29, 0.717) is 42.8 Å². The maximum absolute atomic E-state index is 12.9. The number of hydrogen-bond acceptors (Lipinski definition) is 5. The topological polar surface area (TPSA) is 84.0 Å². The molecule has 2 atom stereocenters. The molecule has 0 spiro atoms. The Morgan fingerprint density at radius 1 is 1.16 bits per heavy atom. The normalized spacial score (nSPS) is 23.6. The Morgan fingerprint density at radius 3 is 2.77 bits per heavy atom. The van der Waals surface area contributed by atoms with E-state index < -0.39 is 0 Å². The number of piperidine rings is 1. The van der Waals surface area contributed by atoms with Gasteiger partial charge in [0.05, 0.1) is 17.2 Å². The van der Waals surface area contributed by atoms with Gasteiger partial charge in [0.25, 0.3) is 0 Å². The number of amides is 3. The number of benzene rings is 1. The monoisotopic (exact) mass is 442 g/mol. The lowest BCUT2D eigenvalue weighted by molar-refractivity contribution is -0.139. The van der Waals surface area contributed by atoms with Crippen molar-refractivity contribution in [1.29, 1.82) is 0 Å². The van der Waals surface area contributed by atoms with E-state index in [1.807, 2.05) is 34.1 Å². The highest BCUT2D eigenvalue weighted by Gasteiger charge is 2.40. The molecule has 3 aliphatic heterocycles. The van der Waals surface area contributed by atoms with Gasteiger partial charge in [0.2, 0.25) is 11.8 Å². The predicted octanol–water partition coefficient (Wildman–Crippen LogP) is 2.64. The highest BCUT2D eigenvalue weighted by atomic mass is 35.5. The van der Waals surface area contributed by atoms with Crippen LogP contribution in [0.4, 0.5) is 4.79 Å². The minimum atomic E-state index is -0.120. The van der Waals surface area contributed by atoms with E-state index in [4.69, 9.17) is 21.1 Å². The molecule has 0 radical (unpaired) electrons. The van der Waals surface area contributed by atoms with Crippen LogP contribution >= 0.6 is 11.6 Å². The van der Waals surface area contributed by atoms with Crippen LogP contribution < -0.4 is 10.1 Å². The lowest BCUT2D eigenvalue weighted by atomic mass is 9.93. The number of hydrogen-bond donors (Lipinski definition) is 1. The van der Waals surface area contributed by atoms with Crippen LogP contribution in [0.15, 0.2) is 42.6 Å². The van der Waals surface area contributed by atoms with Gasteiger partial charge in [-0.2, -0.15) is 0 Å². The summed E-state index contributed by atoms with van der Waals surface area (Å²) in [5.41, 5.74) is 1.07. The second-order valence-corrected chi connectivity index (χ2v) is 8.51. The number of carbonyl (C=O) groups is 2. The molecule has 1 aromatic carbocycles. The number of aromatic nitrogens is 1. The molecule has 2 aromatic rings. The van der Waals surface area contributed by atoms with E-state index in [0.717, 1.165) is 12.0 Å². The van der Waals surface area contributed by atoms with Crippen LogP contribution in [0.25, 0.3) is 0 Å². The summed E-state index contributed by atoms with van der Waals surface area (Å²) in [5.74, 6) is 1.17. The molecule has 3 aliphatic rings. The standard InChI is InChI=1S/C22H23ClN4O4/c23-16-3-1-2-4-18(16)31-21-6-5-14(9-24-21)15-10-27(11-15)22(29)26-8-7-19-17(12-26)25-20(28)13-30-19/h1-6,9,15,17,19H,7-8,10-13H2,(H,25,28)/t17-,19-/m1/s1. The van der Waals surface area contributed by atoms with E-state index in [9.17, 15) is 9.59 Å². The Morgan fingerprint density at radius 2 is 2.00 bits per heavy atom. The summed E-state index contributed by atoms with van der Waals surface area (Å²) in [7, 11) is 0. The van der Waals surface area contributed by atoms with E-state index in [2.05, 4.69) is 10.3 Å². The number of urea groups is 1. The fourth-order valence-corrected chi connectivity index (χ4v) is 4.43. The molecule has 0 aliphatic carbocycles. The summed E-state index contributed by atoms with van der Waals surface area (Å²) in [6.07, 6.45) is 2.53. The number of fused-ring (bicyclic) bond motifs is 1. The molecule has 1 aromatic heterocycles. The maximum Gasteiger partial charge on any atom is 0.320 e. The fraction of sp³-hybridized carbons (Fsp3) is 0.409. The maximum atomic E-state index is 12.9. The predicted molar refractivity (Wildman–Crippen MR) is 113 cm³/mol. The summed E-state index contributed by atoms with van der Waals surface area (Å²) in [5, 5.41) is 3.47. The Bertz CT molecular complexity index is 980. The highest BCUT2D eigenvalue weighted by Crippen LogP contribution is 2.31. The molecule has 0 saturated carbocycles. The van der Waals surface area contributed by atoms with E-state index >= 15 is 0 Å². The molecule has 4 heterocycles. The lowest BCUT2D eigenvalue weighted by Crippen LogP contribution is -2.63. The zero-order valence-corrected chi connectivity index (χ0v) is 17.6. The molecule has 1 N–H and O–H groups in total. The van der Waals surface area contributed by atoms with Gasteiger partial charge in [-0.25, -0.2) is 9.78 Å². The van der Waals surface area contributed by atoms with Crippen molar-refractivity contribution in [3.05, 3.63) is 53.2 Å². The smallest absolute Gasteiger partial charge is 0.320 e. The molecule has 162 valence electrons. The second-order valence-electron chi connectivity index (χ2n) is 8.10. The third kappa shape index (κ3) is 4.18. The van der Waals surface area contributed by atoms with Crippen LogP contribution in [0, 0.1) is 0 Å². The van der Waals surface area contributed by atoms with Gasteiger partial charge in [-0.15, -0.1) is 0 Å². The third-order valence-corrected chi connectivity index (χ3v) is 6.34. The summed E-state index contributed by atoms with van der Waals surface area (Å²) < 4.78 is 11.3. The van der Waals surface area contributed by atoms with Crippen molar-refractivity contribution in [2.24, 2.45) is 0 Å². The Hall–Kier alpha value is -2.84. The number of rotatable bonds is 3. The van der Waals surface area contributed by atoms with Crippen molar-refractivity contribution in [3.63, 3.8) is 0 Å². The third-order valence-electron chi connectivity index (χ3n) is 6.03. The first-order chi connectivity index (χ1) is 15.1.